The Morgan fingerprint density at radius 2 is 1.58 bits per heavy atom. The highest BCUT2D eigenvalue weighted by Gasteiger charge is 2.60. The molecule has 2 aromatic rings. The van der Waals surface area contributed by atoms with Gasteiger partial charge in [-0.1, -0.05) is 5.21 Å². The third kappa shape index (κ3) is 4.95. The van der Waals surface area contributed by atoms with E-state index in [1.165, 1.54) is 4.68 Å². The maximum Gasteiger partial charge on any atom is 0.434 e. The second-order valence-electron chi connectivity index (χ2n) is 6.80. The normalized spacial score (nSPS) is 16.9. The van der Waals surface area contributed by atoms with E-state index in [0.717, 1.165) is 18.2 Å². The van der Waals surface area contributed by atoms with Crippen LogP contribution in [0.4, 0.5) is 44.3 Å². The largest absolute Gasteiger partial charge is 0.434 e. The number of amides is 1. The number of aromatic nitrogens is 3. The zero-order chi connectivity index (χ0) is 23.2. The Balaban J connectivity index is 1.67. The molecule has 1 aliphatic rings. The molecular formula is C16H13F9N4O2. The number of halogens is 9. The number of carbonyl (C=O) groups is 1. The standard InChI is InChI=1S/C16H13F9N4O2/c17-14(18,19)8-1-2-11-10(7-8)26-27-29(11)9-3-5-28(6-4-9)13(30)31-12(15(20,21)22)16(23,24)25/h1-2,7,9,12H,3-6H2. The molecule has 1 aromatic carbocycles. The fraction of sp³-hybridized carbons (Fsp3) is 0.562. The number of hydrogen-bond donors (Lipinski definition) is 0. The first-order valence-corrected chi connectivity index (χ1v) is 8.69. The second-order valence-corrected chi connectivity index (χ2v) is 6.80. The molecule has 1 saturated heterocycles. The van der Waals surface area contributed by atoms with E-state index >= 15 is 0 Å². The van der Waals surface area contributed by atoms with Crippen LogP contribution in [-0.4, -0.2) is 57.5 Å². The van der Waals surface area contributed by atoms with E-state index in [9.17, 15) is 44.3 Å². The van der Waals surface area contributed by atoms with E-state index in [1.807, 2.05) is 0 Å². The van der Waals surface area contributed by atoms with Crippen molar-refractivity contribution >= 4 is 17.1 Å². The zero-order valence-corrected chi connectivity index (χ0v) is 15.2. The number of alkyl halides is 9. The minimum atomic E-state index is -5.82. The van der Waals surface area contributed by atoms with Crippen molar-refractivity contribution in [1.29, 1.82) is 0 Å². The van der Waals surface area contributed by atoms with Gasteiger partial charge in [-0.3, -0.25) is 0 Å². The van der Waals surface area contributed by atoms with Gasteiger partial charge in [0.25, 0.3) is 6.10 Å². The molecule has 0 aliphatic carbocycles. The Kier molecular flexibility index (Phi) is 5.73. The molecule has 1 amide bonds. The van der Waals surface area contributed by atoms with Crippen molar-refractivity contribution in [2.75, 3.05) is 13.1 Å². The van der Waals surface area contributed by atoms with Crippen LogP contribution in [0.25, 0.3) is 11.0 Å². The van der Waals surface area contributed by atoms with Gasteiger partial charge in [0, 0.05) is 13.1 Å². The number of rotatable bonds is 2. The van der Waals surface area contributed by atoms with Crippen LogP contribution in [0.15, 0.2) is 18.2 Å². The van der Waals surface area contributed by atoms with Crippen LogP contribution < -0.4 is 0 Å². The lowest BCUT2D eigenvalue weighted by molar-refractivity contribution is -0.308. The molecule has 31 heavy (non-hydrogen) atoms. The number of hydrogen-bond acceptors (Lipinski definition) is 4. The minimum Gasteiger partial charge on any atom is -0.426 e. The van der Waals surface area contributed by atoms with Crippen LogP contribution in [0.1, 0.15) is 24.4 Å². The van der Waals surface area contributed by atoms with Crippen LogP contribution >= 0.6 is 0 Å². The first-order chi connectivity index (χ1) is 14.2. The summed E-state index contributed by atoms with van der Waals surface area (Å²) in [7, 11) is 0. The van der Waals surface area contributed by atoms with Crippen molar-refractivity contribution in [3.63, 3.8) is 0 Å². The number of nitrogens with zero attached hydrogens (tertiary/aromatic N) is 4. The summed E-state index contributed by atoms with van der Waals surface area (Å²) < 4.78 is 119. The molecule has 0 atom stereocenters. The number of ether oxygens (including phenoxy) is 1. The average Bonchev–Trinajstić information content (AvgIpc) is 3.06. The molecule has 0 spiro atoms. The minimum absolute atomic E-state index is 0.0325. The summed E-state index contributed by atoms with van der Waals surface area (Å²) in [6.07, 6.45) is -22.1. The molecule has 3 rings (SSSR count). The number of likely N-dealkylation sites (tertiary alicyclic amines) is 1. The molecule has 2 heterocycles. The van der Waals surface area contributed by atoms with E-state index in [0.29, 0.717) is 4.90 Å². The maximum absolute atomic E-state index is 12.8. The van der Waals surface area contributed by atoms with Gasteiger partial charge in [-0.15, -0.1) is 5.10 Å². The molecule has 1 fully saturated rings. The van der Waals surface area contributed by atoms with E-state index in [4.69, 9.17) is 0 Å². The maximum atomic E-state index is 12.8. The van der Waals surface area contributed by atoms with Crippen LogP contribution in [0.3, 0.4) is 0 Å². The molecule has 6 nitrogen and oxygen atoms in total. The van der Waals surface area contributed by atoms with E-state index < -0.39 is 42.3 Å². The van der Waals surface area contributed by atoms with E-state index in [2.05, 4.69) is 15.0 Å². The fourth-order valence-electron chi connectivity index (χ4n) is 3.18. The molecule has 0 unspecified atom stereocenters. The molecule has 1 aliphatic heterocycles. The van der Waals surface area contributed by atoms with Crippen molar-refractivity contribution < 1.29 is 49.0 Å². The molecule has 1 aromatic heterocycles. The summed E-state index contributed by atoms with van der Waals surface area (Å²) in [5.41, 5.74) is -0.688. The smallest absolute Gasteiger partial charge is 0.426 e. The first-order valence-electron chi connectivity index (χ1n) is 8.69. The third-order valence-electron chi connectivity index (χ3n) is 4.68. The second kappa shape index (κ2) is 7.75. The Morgan fingerprint density at radius 1 is 1.00 bits per heavy atom. The average molecular weight is 464 g/mol. The monoisotopic (exact) mass is 464 g/mol. The van der Waals surface area contributed by atoms with E-state index in [1.54, 1.807) is 0 Å². The van der Waals surface area contributed by atoms with Crippen molar-refractivity contribution in [2.24, 2.45) is 0 Å². The lowest BCUT2D eigenvalue weighted by Crippen LogP contribution is -2.49. The van der Waals surface area contributed by atoms with Crippen molar-refractivity contribution in [1.82, 2.24) is 19.9 Å². The third-order valence-corrected chi connectivity index (χ3v) is 4.68. The number of fused-ring (bicyclic) bond motifs is 1. The summed E-state index contributed by atoms with van der Waals surface area (Å²) in [4.78, 5) is 12.5. The molecule has 0 bridgehead atoms. The lowest BCUT2D eigenvalue weighted by Gasteiger charge is -2.33. The number of piperidine rings is 1. The van der Waals surface area contributed by atoms with Gasteiger partial charge in [-0.05, 0) is 31.0 Å². The van der Waals surface area contributed by atoms with E-state index in [-0.39, 0.29) is 37.0 Å². The molecule has 0 saturated carbocycles. The summed E-state index contributed by atoms with van der Waals surface area (Å²) in [6.45, 7) is -0.484. The highest BCUT2D eigenvalue weighted by molar-refractivity contribution is 5.75. The summed E-state index contributed by atoms with van der Waals surface area (Å²) in [5, 5.41) is 7.47. The number of carbonyl (C=O) groups excluding carboxylic acids is 1. The predicted molar refractivity (Wildman–Crippen MR) is 84.8 cm³/mol. The van der Waals surface area contributed by atoms with Gasteiger partial charge in [-0.25, -0.2) is 9.48 Å². The van der Waals surface area contributed by atoms with Crippen LogP contribution in [0.5, 0.6) is 0 Å². The van der Waals surface area contributed by atoms with Gasteiger partial charge < -0.3 is 9.64 Å². The van der Waals surface area contributed by atoms with Gasteiger partial charge in [0.05, 0.1) is 17.1 Å². The topological polar surface area (TPSA) is 60.2 Å². The SMILES string of the molecule is O=C(OC(C(F)(F)F)C(F)(F)F)N1CCC(n2nnc3cc(C(F)(F)F)ccc32)CC1. The summed E-state index contributed by atoms with van der Waals surface area (Å²) in [5.74, 6) is 0. The van der Waals surface area contributed by atoms with Gasteiger partial charge in [0.2, 0.25) is 0 Å². The lowest BCUT2D eigenvalue weighted by atomic mass is 10.1. The first kappa shape index (κ1) is 22.9. The summed E-state index contributed by atoms with van der Waals surface area (Å²) >= 11 is 0. The van der Waals surface area contributed by atoms with Gasteiger partial charge in [0.15, 0.2) is 0 Å². The van der Waals surface area contributed by atoms with Crippen LogP contribution in [-0.2, 0) is 10.9 Å². The zero-order valence-electron chi connectivity index (χ0n) is 15.2. The van der Waals surface area contributed by atoms with Gasteiger partial charge >= 0.3 is 24.6 Å². The number of benzene rings is 1. The summed E-state index contributed by atoms with van der Waals surface area (Å²) in [6, 6.07) is 2.32. The van der Waals surface area contributed by atoms with Crippen molar-refractivity contribution in [3.8, 4) is 0 Å². The quantitative estimate of drug-likeness (QED) is 0.604. The molecular weight excluding hydrogens is 451 g/mol. The van der Waals surface area contributed by atoms with Gasteiger partial charge in [-0.2, -0.15) is 39.5 Å². The van der Waals surface area contributed by atoms with Crippen LogP contribution in [0, 0.1) is 0 Å². The van der Waals surface area contributed by atoms with Crippen molar-refractivity contribution in [3.05, 3.63) is 23.8 Å². The molecule has 172 valence electrons. The van der Waals surface area contributed by atoms with Crippen molar-refractivity contribution in [2.45, 2.75) is 43.5 Å². The molecule has 0 N–H and O–H groups in total. The molecule has 15 heteroatoms. The highest BCUT2D eigenvalue weighted by Crippen LogP contribution is 2.37. The van der Waals surface area contributed by atoms with Crippen LogP contribution in [0.2, 0.25) is 0 Å². The Morgan fingerprint density at radius 3 is 2.10 bits per heavy atom. The Bertz CT molecular complexity index is 929. The molecule has 0 radical (unpaired) electrons. The Hall–Kier alpha value is -2.74. The fourth-order valence-corrected chi connectivity index (χ4v) is 3.18. The van der Waals surface area contributed by atoms with Gasteiger partial charge in [0.1, 0.15) is 5.52 Å². The Labute approximate surface area is 167 Å². The predicted octanol–water partition coefficient (Wildman–Crippen LogP) is 4.72. The highest BCUT2D eigenvalue weighted by atomic mass is 19.4.